The molecule has 52 valence electrons. The molecule has 1 fully saturated rings. The number of hydrogen-bond acceptors (Lipinski definition) is 3. The smallest absolute Gasteiger partial charge is 0.222 e. The molecule has 0 bridgehead atoms. The molecule has 0 aromatic rings. The van der Waals surface area contributed by atoms with Gasteiger partial charge in [-0.05, 0) is 0 Å². The molecule has 1 saturated heterocycles. The van der Waals surface area contributed by atoms with Crippen molar-refractivity contribution in [1.82, 2.24) is 0 Å². The van der Waals surface area contributed by atoms with Crippen molar-refractivity contribution >= 4 is 0 Å². The molecule has 0 N–H and O–H groups in total. The zero-order valence-electron chi connectivity index (χ0n) is 5.21. The van der Waals surface area contributed by atoms with E-state index in [9.17, 15) is 0 Å². The molecule has 0 aromatic carbocycles. The molecule has 0 saturated carbocycles. The molecule has 1 aliphatic heterocycles. The third kappa shape index (κ3) is 2.03. The van der Waals surface area contributed by atoms with E-state index in [2.05, 4.69) is 6.58 Å². The van der Waals surface area contributed by atoms with E-state index >= 15 is 0 Å². The fraction of sp³-hybridized carbons (Fsp3) is 0.667. The Morgan fingerprint density at radius 1 is 1.56 bits per heavy atom. The van der Waals surface area contributed by atoms with Crippen LogP contribution in [0.3, 0.4) is 0 Å². The van der Waals surface area contributed by atoms with E-state index in [1.807, 2.05) is 0 Å². The van der Waals surface area contributed by atoms with E-state index in [0.717, 1.165) is 0 Å². The minimum absolute atomic E-state index is 0.240. The van der Waals surface area contributed by atoms with E-state index in [-0.39, 0.29) is 6.29 Å². The quantitative estimate of drug-likeness (QED) is 0.510. The molecule has 3 heteroatoms. The highest BCUT2D eigenvalue weighted by Gasteiger charge is 2.12. The minimum atomic E-state index is -0.240. The number of hydrogen-bond donors (Lipinski definition) is 0. The van der Waals surface area contributed by atoms with Crippen LogP contribution in [-0.4, -0.2) is 26.1 Å². The van der Waals surface area contributed by atoms with Crippen molar-refractivity contribution in [3.05, 3.63) is 12.8 Å². The summed E-state index contributed by atoms with van der Waals surface area (Å²) in [7, 11) is 0. The van der Waals surface area contributed by atoms with Crippen LogP contribution in [0.5, 0.6) is 0 Å². The average molecular weight is 130 g/mol. The molecule has 1 rings (SSSR count). The number of rotatable bonds is 2. The zero-order valence-corrected chi connectivity index (χ0v) is 5.21. The van der Waals surface area contributed by atoms with Crippen LogP contribution in [0.15, 0.2) is 12.8 Å². The first-order valence-electron chi connectivity index (χ1n) is 2.89. The molecule has 3 nitrogen and oxygen atoms in total. The van der Waals surface area contributed by atoms with Gasteiger partial charge in [0.15, 0.2) is 0 Å². The summed E-state index contributed by atoms with van der Waals surface area (Å²) >= 11 is 0. The highest BCUT2D eigenvalue weighted by atomic mass is 16.7. The molecule has 0 aliphatic carbocycles. The topological polar surface area (TPSA) is 27.7 Å². The highest BCUT2D eigenvalue weighted by molar-refractivity contribution is 4.55. The maximum atomic E-state index is 5.10. The predicted octanol–water partition coefficient (Wildman–Crippen LogP) is 0.519. The first-order valence-corrected chi connectivity index (χ1v) is 2.89. The lowest BCUT2D eigenvalue weighted by Gasteiger charge is -2.21. The van der Waals surface area contributed by atoms with Crippen LogP contribution in [0.4, 0.5) is 0 Å². The van der Waals surface area contributed by atoms with Gasteiger partial charge in [-0.15, -0.1) is 0 Å². The third-order valence-electron chi connectivity index (χ3n) is 1.03. The van der Waals surface area contributed by atoms with E-state index < -0.39 is 0 Å². The van der Waals surface area contributed by atoms with Gasteiger partial charge in [-0.25, -0.2) is 0 Å². The summed E-state index contributed by atoms with van der Waals surface area (Å²) in [6.45, 7) is 5.18. The van der Waals surface area contributed by atoms with Gasteiger partial charge >= 0.3 is 0 Å². The van der Waals surface area contributed by atoms with Crippen LogP contribution in [0.25, 0.3) is 0 Å². The van der Waals surface area contributed by atoms with Crippen LogP contribution in [0, 0.1) is 0 Å². The van der Waals surface area contributed by atoms with Crippen LogP contribution in [-0.2, 0) is 14.2 Å². The van der Waals surface area contributed by atoms with Crippen molar-refractivity contribution in [3.63, 3.8) is 0 Å². The SMILES string of the molecule is C=COC1COCCO1. The lowest BCUT2D eigenvalue weighted by molar-refractivity contribution is -0.187. The molecule has 0 radical (unpaired) electrons. The van der Waals surface area contributed by atoms with E-state index in [4.69, 9.17) is 14.2 Å². The van der Waals surface area contributed by atoms with Crippen LogP contribution < -0.4 is 0 Å². The summed E-state index contributed by atoms with van der Waals surface area (Å²) in [6, 6.07) is 0. The molecule has 1 aliphatic rings. The van der Waals surface area contributed by atoms with Crippen LogP contribution in [0.1, 0.15) is 0 Å². The summed E-state index contributed by atoms with van der Waals surface area (Å²) in [6.07, 6.45) is 1.12. The summed E-state index contributed by atoms with van der Waals surface area (Å²) in [4.78, 5) is 0. The van der Waals surface area contributed by atoms with Crippen molar-refractivity contribution in [1.29, 1.82) is 0 Å². The average Bonchev–Trinajstić information content (AvgIpc) is 1.91. The number of ether oxygens (including phenoxy) is 3. The molecule has 1 atom stereocenters. The molecule has 0 spiro atoms. The van der Waals surface area contributed by atoms with Gasteiger partial charge in [0.2, 0.25) is 6.29 Å². The second-order valence-electron chi connectivity index (χ2n) is 1.68. The van der Waals surface area contributed by atoms with Gasteiger partial charge in [0.25, 0.3) is 0 Å². The second kappa shape index (κ2) is 3.48. The first-order chi connectivity index (χ1) is 4.43. The van der Waals surface area contributed by atoms with E-state index in [0.29, 0.717) is 19.8 Å². The highest BCUT2D eigenvalue weighted by Crippen LogP contribution is 2.01. The normalized spacial score (nSPS) is 27.3. The zero-order chi connectivity index (χ0) is 6.53. The van der Waals surface area contributed by atoms with Gasteiger partial charge < -0.3 is 14.2 Å². The Morgan fingerprint density at radius 3 is 3.00 bits per heavy atom. The van der Waals surface area contributed by atoms with Gasteiger partial charge in [-0.3, -0.25) is 0 Å². The fourth-order valence-electron chi connectivity index (χ4n) is 0.652. The van der Waals surface area contributed by atoms with Gasteiger partial charge in [0.05, 0.1) is 19.5 Å². The molecule has 1 heterocycles. The van der Waals surface area contributed by atoms with Gasteiger partial charge in [0.1, 0.15) is 6.61 Å². The molecule has 0 amide bonds. The van der Waals surface area contributed by atoms with Crippen LogP contribution in [0.2, 0.25) is 0 Å². The lowest BCUT2D eigenvalue weighted by Crippen LogP contribution is -2.29. The third-order valence-corrected chi connectivity index (χ3v) is 1.03. The molecular formula is C6H10O3. The molecule has 1 unspecified atom stereocenters. The Morgan fingerprint density at radius 2 is 2.44 bits per heavy atom. The largest absolute Gasteiger partial charge is 0.471 e. The minimum Gasteiger partial charge on any atom is -0.471 e. The summed E-state index contributed by atoms with van der Waals surface area (Å²) in [5.74, 6) is 0. The summed E-state index contributed by atoms with van der Waals surface area (Å²) in [5, 5.41) is 0. The van der Waals surface area contributed by atoms with Gasteiger partial charge in [-0.2, -0.15) is 0 Å². The first kappa shape index (κ1) is 6.58. The fourth-order valence-corrected chi connectivity index (χ4v) is 0.652. The standard InChI is InChI=1S/C6H10O3/c1-2-8-6-5-7-3-4-9-6/h2,6H,1,3-5H2. The van der Waals surface area contributed by atoms with Crippen LogP contribution >= 0.6 is 0 Å². The Kier molecular flexibility index (Phi) is 2.54. The lowest BCUT2D eigenvalue weighted by atomic mass is 10.6. The van der Waals surface area contributed by atoms with Gasteiger partial charge in [0, 0.05) is 0 Å². The van der Waals surface area contributed by atoms with E-state index in [1.54, 1.807) is 0 Å². The van der Waals surface area contributed by atoms with Crippen molar-refractivity contribution in [2.24, 2.45) is 0 Å². The Hall–Kier alpha value is -0.540. The monoisotopic (exact) mass is 130 g/mol. The van der Waals surface area contributed by atoms with E-state index in [1.165, 1.54) is 6.26 Å². The molecule has 9 heavy (non-hydrogen) atoms. The van der Waals surface area contributed by atoms with Gasteiger partial charge in [-0.1, -0.05) is 6.58 Å². The molecule has 0 aromatic heterocycles. The van der Waals surface area contributed by atoms with Crippen molar-refractivity contribution in [2.45, 2.75) is 6.29 Å². The van der Waals surface area contributed by atoms with Crippen molar-refractivity contribution in [3.8, 4) is 0 Å². The van der Waals surface area contributed by atoms with Crippen molar-refractivity contribution in [2.75, 3.05) is 19.8 Å². The Labute approximate surface area is 54.2 Å². The molecular weight excluding hydrogens is 120 g/mol. The van der Waals surface area contributed by atoms with Crippen molar-refractivity contribution < 1.29 is 14.2 Å². The predicted molar refractivity (Wildman–Crippen MR) is 31.8 cm³/mol. The Bertz CT molecular complexity index is 86.3. The maximum absolute atomic E-state index is 5.10. The second-order valence-corrected chi connectivity index (χ2v) is 1.68. The Balaban J connectivity index is 2.15. The summed E-state index contributed by atoms with van der Waals surface area (Å²) < 4.78 is 15.0. The summed E-state index contributed by atoms with van der Waals surface area (Å²) in [5.41, 5.74) is 0. The maximum Gasteiger partial charge on any atom is 0.222 e.